The van der Waals surface area contributed by atoms with Crippen LogP contribution in [-0.2, 0) is 12.7 Å². The van der Waals surface area contributed by atoms with Crippen LogP contribution < -0.4 is 5.32 Å². The SMILES string of the molecule is FC(F)(F)c1cc(CN2C3CCNCC2CC3)[nH]n1. The molecule has 3 heterocycles. The summed E-state index contributed by atoms with van der Waals surface area (Å²) in [6.07, 6.45) is -1.03. The third-order valence-corrected chi connectivity index (χ3v) is 4.08. The summed E-state index contributed by atoms with van der Waals surface area (Å²) in [4.78, 5) is 2.31. The summed E-state index contributed by atoms with van der Waals surface area (Å²) < 4.78 is 37.5. The molecule has 4 nitrogen and oxygen atoms in total. The van der Waals surface area contributed by atoms with Crippen molar-refractivity contribution in [1.82, 2.24) is 20.4 Å². The van der Waals surface area contributed by atoms with E-state index >= 15 is 0 Å². The van der Waals surface area contributed by atoms with E-state index in [4.69, 9.17) is 0 Å². The Bertz CT molecular complexity index is 428. The predicted molar refractivity (Wildman–Crippen MR) is 63.4 cm³/mol. The van der Waals surface area contributed by atoms with Crippen molar-refractivity contribution in [3.8, 4) is 0 Å². The van der Waals surface area contributed by atoms with Gasteiger partial charge in [-0.1, -0.05) is 0 Å². The number of fused-ring (bicyclic) bond motifs is 2. The Balaban J connectivity index is 1.72. The van der Waals surface area contributed by atoms with Crippen LogP contribution in [-0.4, -0.2) is 40.3 Å². The number of nitrogens with one attached hydrogen (secondary N) is 2. The standard InChI is InChI=1S/C12H17F3N4/c13-12(14,15)11-5-8(17-18-11)7-19-9-1-2-10(19)6-16-4-3-9/h5,9-10,16H,1-4,6-7H2,(H,17,18). The lowest BCUT2D eigenvalue weighted by Crippen LogP contribution is -2.37. The van der Waals surface area contributed by atoms with E-state index in [9.17, 15) is 13.2 Å². The molecule has 2 aliphatic rings. The molecule has 2 aliphatic heterocycles. The van der Waals surface area contributed by atoms with E-state index in [1.165, 1.54) is 0 Å². The minimum Gasteiger partial charge on any atom is -0.315 e. The van der Waals surface area contributed by atoms with Crippen LogP contribution in [0.4, 0.5) is 13.2 Å². The van der Waals surface area contributed by atoms with E-state index in [0.29, 0.717) is 24.3 Å². The Labute approximate surface area is 109 Å². The van der Waals surface area contributed by atoms with Gasteiger partial charge >= 0.3 is 6.18 Å². The van der Waals surface area contributed by atoms with E-state index in [2.05, 4.69) is 20.4 Å². The molecule has 3 rings (SSSR count). The van der Waals surface area contributed by atoms with Gasteiger partial charge in [0, 0.05) is 30.9 Å². The lowest BCUT2D eigenvalue weighted by atomic mass is 10.1. The fourth-order valence-corrected chi connectivity index (χ4v) is 3.12. The molecule has 2 fully saturated rings. The zero-order chi connectivity index (χ0) is 13.5. The molecule has 2 saturated heterocycles. The van der Waals surface area contributed by atoms with Gasteiger partial charge < -0.3 is 5.32 Å². The molecule has 0 aliphatic carbocycles. The minimum absolute atomic E-state index is 0.435. The normalized spacial score (nSPS) is 28.6. The number of nitrogens with zero attached hydrogens (tertiary/aromatic N) is 2. The van der Waals surface area contributed by atoms with E-state index in [1.54, 1.807) is 0 Å². The number of halogens is 3. The van der Waals surface area contributed by atoms with Gasteiger partial charge in [-0.15, -0.1) is 0 Å². The van der Waals surface area contributed by atoms with Crippen molar-refractivity contribution >= 4 is 0 Å². The van der Waals surface area contributed by atoms with E-state index in [0.717, 1.165) is 38.4 Å². The average Bonchev–Trinajstić information content (AvgIpc) is 2.84. The highest BCUT2D eigenvalue weighted by molar-refractivity contribution is 5.12. The van der Waals surface area contributed by atoms with Gasteiger partial charge in [-0.3, -0.25) is 10.00 Å². The van der Waals surface area contributed by atoms with Gasteiger partial charge in [-0.25, -0.2) is 0 Å². The quantitative estimate of drug-likeness (QED) is 0.863. The molecule has 2 unspecified atom stereocenters. The van der Waals surface area contributed by atoms with E-state index in [-0.39, 0.29) is 0 Å². The predicted octanol–water partition coefficient (Wildman–Crippen LogP) is 1.75. The maximum atomic E-state index is 12.5. The molecule has 0 saturated carbocycles. The zero-order valence-corrected chi connectivity index (χ0v) is 10.5. The van der Waals surface area contributed by atoms with Crippen molar-refractivity contribution in [3.05, 3.63) is 17.5 Å². The van der Waals surface area contributed by atoms with Crippen molar-refractivity contribution in [3.63, 3.8) is 0 Å². The van der Waals surface area contributed by atoms with Crippen LogP contribution in [0.25, 0.3) is 0 Å². The van der Waals surface area contributed by atoms with Crippen LogP contribution in [0.3, 0.4) is 0 Å². The second kappa shape index (κ2) is 4.79. The van der Waals surface area contributed by atoms with Gasteiger partial charge in [-0.2, -0.15) is 18.3 Å². The van der Waals surface area contributed by atoms with Crippen molar-refractivity contribution in [1.29, 1.82) is 0 Å². The van der Waals surface area contributed by atoms with Crippen LogP contribution in [0.5, 0.6) is 0 Å². The van der Waals surface area contributed by atoms with Crippen LogP contribution in [0.1, 0.15) is 30.7 Å². The Hall–Kier alpha value is -1.08. The first-order chi connectivity index (χ1) is 9.04. The number of aromatic amines is 1. The molecule has 19 heavy (non-hydrogen) atoms. The molecule has 106 valence electrons. The van der Waals surface area contributed by atoms with Crippen LogP contribution in [0.15, 0.2) is 6.07 Å². The maximum Gasteiger partial charge on any atom is 0.435 e. The second-order valence-corrected chi connectivity index (χ2v) is 5.33. The number of aromatic nitrogens is 2. The summed E-state index contributed by atoms with van der Waals surface area (Å²) >= 11 is 0. The summed E-state index contributed by atoms with van der Waals surface area (Å²) in [7, 11) is 0. The van der Waals surface area contributed by atoms with Gasteiger partial charge in [0.1, 0.15) is 0 Å². The molecule has 0 radical (unpaired) electrons. The number of hydrogen-bond acceptors (Lipinski definition) is 3. The highest BCUT2D eigenvalue weighted by Gasteiger charge is 2.37. The van der Waals surface area contributed by atoms with E-state index in [1.807, 2.05) is 0 Å². The fourth-order valence-electron chi connectivity index (χ4n) is 3.12. The van der Waals surface area contributed by atoms with Gasteiger partial charge in [0.2, 0.25) is 0 Å². The molecule has 1 aromatic heterocycles. The molecule has 2 atom stereocenters. The van der Waals surface area contributed by atoms with Crippen molar-refractivity contribution in [2.45, 2.75) is 44.1 Å². The molecule has 2 bridgehead atoms. The molecule has 0 amide bonds. The smallest absolute Gasteiger partial charge is 0.315 e. The summed E-state index contributed by atoms with van der Waals surface area (Å²) in [5, 5.41) is 9.25. The first kappa shape index (κ1) is 12.9. The Morgan fingerprint density at radius 2 is 2.05 bits per heavy atom. The number of rotatable bonds is 2. The fraction of sp³-hybridized carbons (Fsp3) is 0.750. The number of hydrogen-bond donors (Lipinski definition) is 2. The monoisotopic (exact) mass is 274 g/mol. The highest BCUT2D eigenvalue weighted by atomic mass is 19.4. The van der Waals surface area contributed by atoms with Gasteiger partial charge in [0.15, 0.2) is 5.69 Å². The first-order valence-corrected chi connectivity index (χ1v) is 6.62. The zero-order valence-electron chi connectivity index (χ0n) is 10.5. The first-order valence-electron chi connectivity index (χ1n) is 6.62. The third kappa shape index (κ3) is 2.62. The number of alkyl halides is 3. The summed E-state index contributed by atoms with van der Waals surface area (Å²) in [6, 6.07) is 2.04. The van der Waals surface area contributed by atoms with Crippen LogP contribution >= 0.6 is 0 Å². The molecular weight excluding hydrogens is 257 g/mol. The van der Waals surface area contributed by atoms with Crippen LogP contribution in [0, 0.1) is 0 Å². The number of H-pyrrole nitrogens is 1. The van der Waals surface area contributed by atoms with Crippen LogP contribution in [0.2, 0.25) is 0 Å². The largest absolute Gasteiger partial charge is 0.435 e. The summed E-state index contributed by atoms with van der Waals surface area (Å²) in [5.74, 6) is 0. The average molecular weight is 274 g/mol. The maximum absolute atomic E-state index is 12.5. The molecule has 2 N–H and O–H groups in total. The van der Waals surface area contributed by atoms with Crippen molar-refractivity contribution in [2.24, 2.45) is 0 Å². The third-order valence-electron chi connectivity index (χ3n) is 4.08. The molecule has 0 aromatic carbocycles. The molecule has 0 spiro atoms. The molecule has 7 heteroatoms. The second-order valence-electron chi connectivity index (χ2n) is 5.33. The molecule has 1 aromatic rings. The lowest BCUT2D eigenvalue weighted by Gasteiger charge is -2.26. The Morgan fingerprint density at radius 1 is 1.26 bits per heavy atom. The van der Waals surface area contributed by atoms with E-state index < -0.39 is 11.9 Å². The van der Waals surface area contributed by atoms with Crippen molar-refractivity contribution < 1.29 is 13.2 Å². The lowest BCUT2D eigenvalue weighted by molar-refractivity contribution is -0.141. The molecular formula is C12H17F3N4. The summed E-state index contributed by atoms with van der Waals surface area (Å²) in [5.41, 5.74) is -0.283. The van der Waals surface area contributed by atoms with Gasteiger partial charge in [-0.05, 0) is 31.9 Å². The van der Waals surface area contributed by atoms with Crippen molar-refractivity contribution in [2.75, 3.05) is 13.1 Å². The Morgan fingerprint density at radius 3 is 2.79 bits per heavy atom. The van der Waals surface area contributed by atoms with Gasteiger partial charge in [0.25, 0.3) is 0 Å². The topological polar surface area (TPSA) is 44.0 Å². The Kier molecular flexibility index (Phi) is 3.26. The summed E-state index contributed by atoms with van der Waals surface area (Å²) in [6.45, 7) is 2.45. The minimum atomic E-state index is -4.37. The van der Waals surface area contributed by atoms with Gasteiger partial charge in [0.05, 0.1) is 0 Å². The highest BCUT2D eigenvalue weighted by Crippen LogP contribution is 2.31.